The van der Waals surface area contributed by atoms with E-state index in [0.717, 1.165) is 37.4 Å². The van der Waals surface area contributed by atoms with Crippen LogP contribution in [-0.4, -0.2) is 71.0 Å². The largest absolute Gasteiger partial charge is 0.369 e. The van der Waals surface area contributed by atoms with Gasteiger partial charge in [-0.15, -0.1) is 0 Å². The second-order valence-corrected chi connectivity index (χ2v) is 9.49. The number of rotatable bonds is 4. The van der Waals surface area contributed by atoms with Gasteiger partial charge >= 0.3 is 6.03 Å². The molecule has 6 rings (SSSR count). The van der Waals surface area contributed by atoms with Gasteiger partial charge in [-0.3, -0.25) is 25.1 Å². The molecule has 1 aliphatic heterocycles. The number of nitrogens with one attached hydrogen (secondary N) is 4. The Morgan fingerprint density at radius 2 is 1.64 bits per heavy atom. The van der Waals surface area contributed by atoms with Crippen molar-refractivity contribution in [3.05, 3.63) is 83.7 Å². The van der Waals surface area contributed by atoms with E-state index in [0.29, 0.717) is 39.3 Å². The van der Waals surface area contributed by atoms with Crippen molar-refractivity contribution in [3.63, 3.8) is 0 Å². The number of hydrazine groups is 1. The van der Waals surface area contributed by atoms with Crippen LogP contribution in [0.5, 0.6) is 0 Å². The third-order valence-corrected chi connectivity index (χ3v) is 7.04. The first kappa shape index (κ1) is 24.3. The lowest BCUT2D eigenvalue weighted by atomic mass is 10.0. The van der Waals surface area contributed by atoms with Crippen LogP contribution in [0.3, 0.4) is 0 Å². The summed E-state index contributed by atoms with van der Waals surface area (Å²) in [5.41, 5.74) is 9.95. The summed E-state index contributed by atoms with van der Waals surface area (Å²) in [6, 6.07) is 15.7. The summed E-state index contributed by atoms with van der Waals surface area (Å²) in [5.74, 6) is -0.728. The molecule has 0 radical (unpaired) electrons. The minimum Gasteiger partial charge on any atom is -0.369 e. The summed E-state index contributed by atoms with van der Waals surface area (Å²) in [6.45, 7) is 3.99. The van der Waals surface area contributed by atoms with Crippen molar-refractivity contribution in [2.75, 3.05) is 43.4 Å². The number of carbonyl (C=O) groups excluding carboxylic acids is 3. The van der Waals surface area contributed by atoms with Gasteiger partial charge in [0.05, 0.1) is 22.5 Å². The van der Waals surface area contributed by atoms with Gasteiger partial charge in [-0.1, -0.05) is 24.3 Å². The van der Waals surface area contributed by atoms with Crippen LogP contribution in [0.15, 0.2) is 67.0 Å². The molecule has 196 valence electrons. The molecule has 0 bridgehead atoms. The summed E-state index contributed by atoms with van der Waals surface area (Å²) >= 11 is 0. The van der Waals surface area contributed by atoms with E-state index in [-0.39, 0.29) is 5.78 Å². The summed E-state index contributed by atoms with van der Waals surface area (Å²) in [6.07, 6.45) is 2.96. The van der Waals surface area contributed by atoms with Gasteiger partial charge in [-0.25, -0.2) is 10.2 Å². The van der Waals surface area contributed by atoms with Crippen LogP contribution >= 0.6 is 0 Å². The minimum atomic E-state index is -0.690. The molecular weight excluding hydrogens is 496 g/mol. The normalized spacial score (nSPS) is 14.5. The van der Waals surface area contributed by atoms with Crippen molar-refractivity contribution >= 4 is 29.1 Å². The van der Waals surface area contributed by atoms with Crippen LogP contribution in [-0.2, 0) is 0 Å². The SMILES string of the molecule is CN1CCN(c2ccc(-c3[nH]nc4c3C(=O)c3c(NC(=O)NNC(=O)c5ccncc5)cccc3-4)cc2)CC1. The van der Waals surface area contributed by atoms with Gasteiger partial charge in [0, 0.05) is 61.0 Å². The van der Waals surface area contributed by atoms with Crippen LogP contribution in [0.2, 0.25) is 0 Å². The Bertz CT molecular complexity index is 1560. The Labute approximate surface area is 224 Å². The highest BCUT2D eigenvalue weighted by atomic mass is 16.2. The van der Waals surface area contributed by atoms with Crippen molar-refractivity contribution in [1.82, 2.24) is 30.9 Å². The number of aromatic nitrogens is 3. The highest BCUT2D eigenvalue weighted by Crippen LogP contribution is 2.43. The Hall–Kier alpha value is -5.03. The quantitative estimate of drug-likeness (QED) is 0.267. The predicted molar refractivity (Wildman–Crippen MR) is 146 cm³/mol. The fraction of sp³-hybridized carbons (Fsp3) is 0.179. The number of benzene rings is 2. The van der Waals surface area contributed by atoms with E-state index in [1.807, 2.05) is 12.1 Å². The third-order valence-electron chi connectivity index (χ3n) is 7.04. The van der Waals surface area contributed by atoms with Crippen LogP contribution in [0.1, 0.15) is 26.3 Å². The number of nitrogens with zero attached hydrogens (tertiary/aromatic N) is 4. The molecule has 3 heterocycles. The van der Waals surface area contributed by atoms with Gasteiger partial charge in [0.1, 0.15) is 5.69 Å². The van der Waals surface area contributed by atoms with E-state index in [1.54, 1.807) is 18.2 Å². The summed E-state index contributed by atoms with van der Waals surface area (Å²) in [5, 5.41) is 10.1. The zero-order valence-electron chi connectivity index (χ0n) is 21.2. The zero-order chi connectivity index (χ0) is 26.9. The number of likely N-dealkylation sites (N-methyl/N-ethyl adjacent to an activating group) is 1. The molecule has 0 spiro atoms. The number of urea groups is 1. The number of pyridine rings is 1. The van der Waals surface area contributed by atoms with Crippen molar-refractivity contribution in [2.45, 2.75) is 0 Å². The van der Waals surface area contributed by atoms with Crippen molar-refractivity contribution in [3.8, 4) is 22.5 Å². The van der Waals surface area contributed by atoms with Crippen molar-refractivity contribution in [1.29, 1.82) is 0 Å². The third kappa shape index (κ3) is 4.59. The maximum atomic E-state index is 13.6. The van der Waals surface area contributed by atoms with Crippen LogP contribution in [0, 0.1) is 0 Å². The summed E-state index contributed by atoms with van der Waals surface area (Å²) in [7, 11) is 2.13. The number of anilines is 2. The molecule has 2 aliphatic rings. The van der Waals surface area contributed by atoms with Gasteiger partial charge < -0.3 is 15.1 Å². The maximum absolute atomic E-state index is 13.6. The molecule has 3 amide bonds. The molecule has 4 N–H and O–H groups in total. The fourth-order valence-corrected chi connectivity index (χ4v) is 4.94. The number of fused-ring (bicyclic) bond motifs is 3. The van der Waals surface area contributed by atoms with E-state index in [2.05, 4.69) is 60.3 Å². The highest BCUT2D eigenvalue weighted by molar-refractivity contribution is 6.27. The molecule has 4 aromatic rings. The Kier molecular flexibility index (Phi) is 6.25. The molecule has 2 aromatic heterocycles. The van der Waals surface area contributed by atoms with Crippen LogP contribution in [0.25, 0.3) is 22.5 Å². The number of carbonyl (C=O) groups is 3. The number of ketones is 1. The van der Waals surface area contributed by atoms with Gasteiger partial charge in [0.15, 0.2) is 5.78 Å². The highest BCUT2D eigenvalue weighted by Gasteiger charge is 2.35. The first-order chi connectivity index (χ1) is 19.0. The van der Waals surface area contributed by atoms with Crippen LogP contribution < -0.4 is 21.1 Å². The number of hydrogen-bond donors (Lipinski definition) is 4. The maximum Gasteiger partial charge on any atom is 0.337 e. The Balaban J connectivity index is 1.19. The van der Waals surface area contributed by atoms with Gasteiger partial charge in [0.2, 0.25) is 0 Å². The standard InChI is InChI=1S/C28H26N8O3/c1-35-13-15-36(16-14-35)19-7-5-17(6-8-19)24-23-25(32-31-24)20-3-2-4-21(22(20)26(23)37)30-28(39)34-33-27(38)18-9-11-29-12-10-18/h2-12H,13-16H2,1H3,(H,31,32)(H,33,38)(H2,30,34,39). The molecule has 0 atom stereocenters. The monoisotopic (exact) mass is 522 g/mol. The summed E-state index contributed by atoms with van der Waals surface area (Å²) in [4.78, 5) is 46.9. The lowest BCUT2D eigenvalue weighted by molar-refractivity contribution is 0.0937. The number of amides is 3. The average molecular weight is 523 g/mol. The van der Waals surface area contributed by atoms with Gasteiger partial charge in [0.25, 0.3) is 5.91 Å². The molecule has 2 aromatic carbocycles. The second kappa shape index (κ2) is 10.0. The number of piperazine rings is 1. The van der Waals surface area contributed by atoms with E-state index in [4.69, 9.17) is 0 Å². The van der Waals surface area contributed by atoms with E-state index in [1.165, 1.54) is 24.5 Å². The molecule has 1 fully saturated rings. The van der Waals surface area contributed by atoms with E-state index >= 15 is 0 Å². The van der Waals surface area contributed by atoms with Gasteiger partial charge in [-0.2, -0.15) is 5.10 Å². The Morgan fingerprint density at radius 1 is 0.897 bits per heavy atom. The van der Waals surface area contributed by atoms with Crippen molar-refractivity contribution < 1.29 is 14.4 Å². The lowest BCUT2D eigenvalue weighted by Gasteiger charge is -2.34. The first-order valence-electron chi connectivity index (χ1n) is 12.6. The molecule has 39 heavy (non-hydrogen) atoms. The fourth-order valence-electron chi connectivity index (χ4n) is 4.94. The second-order valence-electron chi connectivity index (χ2n) is 9.49. The number of hydrogen-bond acceptors (Lipinski definition) is 7. The number of aromatic amines is 1. The molecule has 11 heteroatoms. The van der Waals surface area contributed by atoms with Gasteiger partial charge in [-0.05, 0) is 37.4 Å². The zero-order valence-corrected chi connectivity index (χ0v) is 21.2. The van der Waals surface area contributed by atoms with E-state index < -0.39 is 11.9 Å². The predicted octanol–water partition coefficient (Wildman–Crippen LogP) is 2.90. The molecule has 1 saturated heterocycles. The average Bonchev–Trinajstić information content (AvgIpc) is 3.53. The lowest BCUT2D eigenvalue weighted by Crippen LogP contribution is -2.44. The number of H-pyrrole nitrogens is 1. The van der Waals surface area contributed by atoms with E-state index in [9.17, 15) is 14.4 Å². The first-order valence-corrected chi connectivity index (χ1v) is 12.6. The Morgan fingerprint density at radius 3 is 2.38 bits per heavy atom. The molecule has 11 nitrogen and oxygen atoms in total. The van der Waals surface area contributed by atoms with Crippen molar-refractivity contribution in [2.24, 2.45) is 0 Å². The molecule has 0 saturated carbocycles. The smallest absolute Gasteiger partial charge is 0.337 e. The minimum absolute atomic E-state index is 0.233. The van der Waals surface area contributed by atoms with Crippen LogP contribution in [0.4, 0.5) is 16.2 Å². The molecule has 0 unspecified atom stereocenters. The topological polar surface area (TPSA) is 135 Å². The summed E-state index contributed by atoms with van der Waals surface area (Å²) < 4.78 is 0. The molecule has 1 aliphatic carbocycles. The molecular formula is C28H26N8O3.